The highest BCUT2D eigenvalue weighted by molar-refractivity contribution is 5.94. The molecule has 0 radical (unpaired) electrons. The van der Waals surface area contributed by atoms with Gasteiger partial charge in [-0.15, -0.1) is 0 Å². The van der Waals surface area contributed by atoms with E-state index in [2.05, 4.69) is 5.32 Å². The molecule has 0 saturated carbocycles. The number of hydrogen-bond acceptors (Lipinski definition) is 3. The number of rotatable bonds is 6. The van der Waals surface area contributed by atoms with Crippen LogP contribution in [-0.4, -0.2) is 23.5 Å². The summed E-state index contributed by atoms with van der Waals surface area (Å²) in [5.41, 5.74) is 6.91. The molecule has 0 fully saturated rings. The van der Waals surface area contributed by atoms with Crippen molar-refractivity contribution in [2.75, 3.05) is 6.54 Å². The summed E-state index contributed by atoms with van der Waals surface area (Å²) in [6.07, 6.45) is 0.487. The summed E-state index contributed by atoms with van der Waals surface area (Å²) < 4.78 is 0. The van der Waals surface area contributed by atoms with E-state index in [1.807, 2.05) is 6.07 Å². The Morgan fingerprint density at radius 1 is 1.35 bits per heavy atom. The first kappa shape index (κ1) is 13.2. The van der Waals surface area contributed by atoms with Crippen molar-refractivity contribution in [3.05, 3.63) is 35.4 Å². The number of carbonyl (C=O) groups is 2. The van der Waals surface area contributed by atoms with Gasteiger partial charge in [0.25, 0.3) is 5.91 Å². The van der Waals surface area contributed by atoms with E-state index in [1.165, 1.54) is 0 Å². The number of nitrogens with one attached hydrogen (secondary N) is 1. The van der Waals surface area contributed by atoms with E-state index in [4.69, 9.17) is 10.8 Å². The van der Waals surface area contributed by atoms with Crippen LogP contribution in [0.5, 0.6) is 0 Å². The molecule has 0 heterocycles. The molecule has 17 heavy (non-hydrogen) atoms. The quantitative estimate of drug-likeness (QED) is 0.635. The van der Waals surface area contributed by atoms with E-state index in [1.54, 1.807) is 18.2 Å². The van der Waals surface area contributed by atoms with Gasteiger partial charge >= 0.3 is 5.97 Å². The summed E-state index contributed by atoms with van der Waals surface area (Å²) >= 11 is 0. The zero-order chi connectivity index (χ0) is 12.7. The summed E-state index contributed by atoms with van der Waals surface area (Å²) in [5.74, 6) is -1.06. The van der Waals surface area contributed by atoms with Crippen LogP contribution in [0.2, 0.25) is 0 Å². The molecule has 0 aromatic heterocycles. The molecule has 1 amide bonds. The van der Waals surface area contributed by atoms with Crippen LogP contribution in [0, 0.1) is 0 Å². The van der Waals surface area contributed by atoms with Crippen molar-refractivity contribution in [3.63, 3.8) is 0 Å². The molecular weight excluding hydrogens is 220 g/mol. The van der Waals surface area contributed by atoms with Crippen molar-refractivity contribution in [2.45, 2.75) is 19.4 Å². The normalized spacial score (nSPS) is 9.94. The Morgan fingerprint density at radius 3 is 2.76 bits per heavy atom. The van der Waals surface area contributed by atoms with Crippen LogP contribution in [0.25, 0.3) is 0 Å². The molecule has 0 aliphatic carbocycles. The van der Waals surface area contributed by atoms with Gasteiger partial charge in [-0.25, -0.2) is 0 Å². The second-order valence-electron chi connectivity index (χ2n) is 3.66. The monoisotopic (exact) mass is 236 g/mol. The number of benzene rings is 1. The molecule has 0 unspecified atom stereocenters. The van der Waals surface area contributed by atoms with Crippen molar-refractivity contribution in [1.82, 2.24) is 5.32 Å². The molecule has 1 rings (SSSR count). The number of nitrogens with two attached hydrogens (primary N) is 1. The number of carboxylic acids is 1. The lowest BCUT2D eigenvalue weighted by molar-refractivity contribution is -0.137. The average molecular weight is 236 g/mol. The van der Waals surface area contributed by atoms with Gasteiger partial charge in [0.2, 0.25) is 0 Å². The Morgan fingerprint density at radius 2 is 2.12 bits per heavy atom. The highest BCUT2D eigenvalue weighted by Crippen LogP contribution is 2.04. The predicted octanol–water partition coefficient (Wildman–Crippen LogP) is 0.740. The Balaban J connectivity index is 2.43. The van der Waals surface area contributed by atoms with E-state index >= 15 is 0 Å². The topological polar surface area (TPSA) is 92.4 Å². The third-order valence-electron chi connectivity index (χ3n) is 2.28. The van der Waals surface area contributed by atoms with Crippen LogP contribution >= 0.6 is 0 Å². The maximum Gasteiger partial charge on any atom is 0.303 e. The van der Waals surface area contributed by atoms with Gasteiger partial charge < -0.3 is 16.2 Å². The Labute approximate surface area is 99.6 Å². The van der Waals surface area contributed by atoms with Gasteiger partial charge in [0.05, 0.1) is 0 Å². The first-order valence-corrected chi connectivity index (χ1v) is 5.42. The summed E-state index contributed by atoms with van der Waals surface area (Å²) in [6.45, 7) is 0.748. The van der Waals surface area contributed by atoms with Gasteiger partial charge in [0.15, 0.2) is 0 Å². The number of carbonyl (C=O) groups excluding carboxylic acids is 1. The van der Waals surface area contributed by atoms with Crippen LogP contribution < -0.4 is 11.1 Å². The minimum absolute atomic E-state index is 0.0587. The number of aliphatic carboxylic acids is 1. The van der Waals surface area contributed by atoms with Crippen LogP contribution in [0.15, 0.2) is 24.3 Å². The average Bonchev–Trinajstić information content (AvgIpc) is 2.34. The lowest BCUT2D eigenvalue weighted by Gasteiger charge is -2.05. The first-order valence-electron chi connectivity index (χ1n) is 5.42. The predicted molar refractivity (Wildman–Crippen MR) is 63.5 cm³/mol. The molecule has 1 aromatic carbocycles. The Kier molecular flexibility index (Phi) is 5.16. The molecule has 92 valence electrons. The van der Waals surface area contributed by atoms with E-state index in [-0.39, 0.29) is 12.3 Å². The third kappa shape index (κ3) is 4.65. The lowest BCUT2D eigenvalue weighted by Crippen LogP contribution is -2.25. The lowest BCUT2D eigenvalue weighted by atomic mass is 10.1. The standard InChI is InChI=1S/C12H16N2O3/c13-8-9-3-1-4-10(7-9)12(17)14-6-2-5-11(15)16/h1,3-4,7H,2,5-6,8,13H2,(H,14,17)(H,15,16). The fourth-order valence-corrected chi connectivity index (χ4v) is 1.38. The van der Waals surface area contributed by atoms with Crippen LogP contribution in [0.1, 0.15) is 28.8 Å². The Hall–Kier alpha value is -1.88. The summed E-state index contributed by atoms with van der Waals surface area (Å²) in [6, 6.07) is 7.05. The molecule has 0 atom stereocenters. The van der Waals surface area contributed by atoms with Crippen molar-refractivity contribution < 1.29 is 14.7 Å². The zero-order valence-electron chi connectivity index (χ0n) is 9.48. The Bertz CT molecular complexity index is 404. The van der Waals surface area contributed by atoms with Gasteiger partial charge in [0, 0.05) is 25.1 Å². The summed E-state index contributed by atoms with van der Waals surface area (Å²) in [5, 5.41) is 11.1. The highest BCUT2D eigenvalue weighted by atomic mass is 16.4. The third-order valence-corrected chi connectivity index (χ3v) is 2.28. The molecule has 0 aliphatic rings. The van der Waals surface area contributed by atoms with Gasteiger partial charge in [-0.2, -0.15) is 0 Å². The second kappa shape index (κ2) is 6.65. The molecule has 0 saturated heterocycles. The summed E-state index contributed by atoms with van der Waals surface area (Å²) in [4.78, 5) is 21.9. The van der Waals surface area contributed by atoms with Gasteiger partial charge in [-0.05, 0) is 24.1 Å². The largest absolute Gasteiger partial charge is 0.481 e. The van der Waals surface area contributed by atoms with Crippen molar-refractivity contribution in [2.24, 2.45) is 5.73 Å². The molecule has 5 heteroatoms. The molecule has 4 N–H and O–H groups in total. The van der Waals surface area contributed by atoms with E-state index in [0.717, 1.165) is 5.56 Å². The fraction of sp³-hybridized carbons (Fsp3) is 0.333. The van der Waals surface area contributed by atoms with Gasteiger partial charge in [0.1, 0.15) is 0 Å². The van der Waals surface area contributed by atoms with Gasteiger partial charge in [-0.1, -0.05) is 12.1 Å². The molecule has 5 nitrogen and oxygen atoms in total. The molecule has 0 aliphatic heterocycles. The zero-order valence-corrected chi connectivity index (χ0v) is 9.48. The number of hydrogen-bond donors (Lipinski definition) is 3. The molecule has 0 spiro atoms. The second-order valence-corrected chi connectivity index (χ2v) is 3.66. The van der Waals surface area contributed by atoms with Crippen LogP contribution in [0.4, 0.5) is 0 Å². The number of amides is 1. The van der Waals surface area contributed by atoms with E-state index in [9.17, 15) is 9.59 Å². The minimum Gasteiger partial charge on any atom is -0.481 e. The smallest absolute Gasteiger partial charge is 0.303 e. The first-order chi connectivity index (χ1) is 8.13. The summed E-state index contributed by atoms with van der Waals surface area (Å²) in [7, 11) is 0. The van der Waals surface area contributed by atoms with Crippen LogP contribution in [0.3, 0.4) is 0 Å². The SMILES string of the molecule is NCc1cccc(C(=O)NCCCC(=O)O)c1. The van der Waals surface area contributed by atoms with E-state index in [0.29, 0.717) is 25.1 Å². The van der Waals surface area contributed by atoms with Crippen molar-refractivity contribution >= 4 is 11.9 Å². The van der Waals surface area contributed by atoms with Crippen molar-refractivity contribution in [1.29, 1.82) is 0 Å². The number of carboxylic acid groups (broad SMARTS) is 1. The van der Waals surface area contributed by atoms with Crippen LogP contribution in [-0.2, 0) is 11.3 Å². The minimum atomic E-state index is -0.857. The molecular formula is C12H16N2O3. The molecule has 1 aromatic rings. The van der Waals surface area contributed by atoms with Gasteiger partial charge in [-0.3, -0.25) is 9.59 Å². The maximum atomic E-state index is 11.7. The maximum absolute atomic E-state index is 11.7. The van der Waals surface area contributed by atoms with E-state index < -0.39 is 5.97 Å². The highest BCUT2D eigenvalue weighted by Gasteiger charge is 2.05. The fourth-order valence-electron chi connectivity index (χ4n) is 1.38. The molecule has 0 bridgehead atoms. The van der Waals surface area contributed by atoms with Crippen molar-refractivity contribution in [3.8, 4) is 0 Å².